The SMILES string of the molecule is Cc1cc(CN2CC(=O)OC(=O)C2)sc1C. The van der Waals surface area contributed by atoms with Crippen LogP contribution in [0.1, 0.15) is 15.3 Å². The number of carbonyl (C=O) groups is 2. The molecule has 5 heteroatoms. The van der Waals surface area contributed by atoms with Crippen LogP contribution in [0.3, 0.4) is 0 Å². The first-order chi connectivity index (χ1) is 7.54. The number of nitrogens with zero attached hydrogens (tertiary/aromatic N) is 1. The van der Waals surface area contributed by atoms with Crippen LogP contribution in [0.25, 0.3) is 0 Å². The fraction of sp³-hybridized carbons (Fsp3) is 0.455. The number of ether oxygens (including phenoxy) is 1. The molecular formula is C11H13NO3S. The van der Waals surface area contributed by atoms with E-state index in [0.717, 1.165) is 0 Å². The number of carbonyl (C=O) groups excluding carboxylic acids is 2. The molecule has 1 aromatic heterocycles. The predicted molar refractivity (Wildman–Crippen MR) is 60.2 cm³/mol. The lowest BCUT2D eigenvalue weighted by atomic mass is 10.2. The van der Waals surface area contributed by atoms with Crippen molar-refractivity contribution >= 4 is 23.3 Å². The van der Waals surface area contributed by atoms with Crippen molar-refractivity contribution in [1.29, 1.82) is 0 Å². The molecule has 0 bridgehead atoms. The van der Waals surface area contributed by atoms with Gasteiger partial charge in [0.1, 0.15) is 0 Å². The lowest BCUT2D eigenvalue weighted by Gasteiger charge is -2.23. The van der Waals surface area contributed by atoms with E-state index in [2.05, 4.69) is 24.7 Å². The Hall–Kier alpha value is -1.20. The molecule has 1 saturated heterocycles. The largest absolute Gasteiger partial charge is 0.391 e. The minimum absolute atomic E-state index is 0.196. The van der Waals surface area contributed by atoms with Crippen molar-refractivity contribution in [3.05, 3.63) is 21.4 Å². The zero-order valence-corrected chi connectivity index (χ0v) is 10.1. The summed E-state index contributed by atoms with van der Waals surface area (Å²) in [5, 5.41) is 0. The van der Waals surface area contributed by atoms with Crippen LogP contribution < -0.4 is 0 Å². The molecule has 0 amide bonds. The van der Waals surface area contributed by atoms with Gasteiger partial charge < -0.3 is 4.74 Å². The minimum Gasteiger partial charge on any atom is -0.391 e. The van der Waals surface area contributed by atoms with Gasteiger partial charge in [-0.05, 0) is 25.5 Å². The Kier molecular flexibility index (Phi) is 3.07. The number of hydrogen-bond donors (Lipinski definition) is 0. The minimum atomic E-state index is -0.457. The van der Waals surface area contributed by atoms with E-state index >= 15 is 0 Å². The summed E-state index contributed by atoms with van der Waals surface area (Å²) in [6, 6.07) is 2.10. The van der Waals surface area contributed by atoms with Crippen LogP contribution in [-0.2, 0) is 20.9 Å². The highest BCUT2D eigenvalue weighted by Gasteiger charge is 2.24. The van der Waals surface area contributed by atoms with Gasteiger partial charge in [0.15, 0.2) is 0 Å². The topological polar surface area (TPSA) is 46.6 Å². The molecule has 0 aliphatic carbocycles. The number of aryl methyl sites for hydroxylation is 2. The maximum absolute atomic E-state index is 11.1. The number of thiophene rings is 1. The van der Waals surface area contributed by atoms with Gasteiger partial charge in [0, 0.05) is 16.3 Å². The monoisotopic (exact) mass is 239 g/mol. The van der Waals surface area contributed by atoms with E-state index in [9.17, 15) is 9.59 Å². The van der Waals surface area contributed by atoms with Gasteiger partial charge in [0.2, 0.25) is 0 Å². The van der Waals surface area contributed by atoms with E-state index in [1.807, 2.05) is 0 Å². The summed E-state index contributed by atoms with van der Waals surface area (Å²) in [6.07, 6.45) is 0. The summed E-state index contributed by atoms with van der Waals surface area (Å²) >= 11 is 1.71. The molecule has 2 heterocycles. The molecule has 0 N–H and O–H groups in total. The van der Waals surface area contributed by atoms with Gasteiger partial charge in [-0.1, -0.05) is 0 Å². The first-order valence-electron chi connectivity index (χ1n) is 5.06. The Bertz CT molecular complexity index is 403. The number of hydrogen-bond acceptors (Lipinski definition) is 5. The summed E-state index contributed by atoms with van der Waals surface area (Å²) < 4.78 is 4.47. The third-order valence-corrected chi connectivity index (χ3v) is 3.67. The summed E-state index contributed by atoms with van der Waals surface area (Å²) in [7, 11) is 0. The van der Waals surface area contributed by atoms with Crippen molar-refractivity contribution < 1.29 is 14.3 Å². The van der Waals surface area contributed by atoms with Crippen LogP contribution in [0, 0.1) is 13.8 Å². The molecule has 1 aliphatic rings. The maximum Gasteiger partial charge on any atom is 0.327 e. The lowest BCUT2D eigenvalue weighted by Crippen LogP contribution is -2.42. The fourth-order valence-corrected chi connectivity index (χ4v) is 2.77. The quantitative estimate of drug-likeness (QED) is 0.575. The maximum atomic E-state index is 11.1. The molecule has 2 rings (SSSR count). The molecule has 1 fully saturated rings. The molecule has 86 valence electrons. The molecule has 1 aliphatic heterocycles. The Morgan fingerprint density at radius 3 is 2.44 bits per heavy atom. The van der Waals surface area contributed by atoms with Crippen LogP contribution in [0.2, 0.25) is 0 Å². The van der Waals surface area contributed by atoms with Gasteiger partial charge in [-0.25, -0.2) is 0 Å². The van der Waals surface area contributed by atoms with Crippen LogP contribution in [-0.4, -0.2) is 29.9 Å². The number of esters is 2. The Labute approximate surface area is 97.8 Å². The smallest absolute Gasteiger partial charge is 0.327 e. The average molecular weight is 239 g/mol. The van der Waals surface area contributed by atoms with Gasteiger partial charge in [0.05, 0.1) is 13.1 Å². The van der Waals surface area contributed by atoms with Crippen molar-refractivity contribution in [2.24, 2.45) is 0 Å². The summed E-state index contributed by atoms with van der Waals surface area (Å²) in [6.45, 7) is 5.16. The zero-order chi connectivity index (χ0) is 11.7. The van der Waals surface area contributed by atoms with E-state index in [-0.39, 0.29) is 13.1 Å². The second kappa shape index (κ2) is 4.35. The van der Waals surface area contributed by atoms with Crippen molar-refractivity contribution in [2.45, 2.75) is 20.4 Å². The molecule has 0 saturated carbocycles. The number of rotatable bonds is 2. The van der Waals surface area contributed by atoms with Gasteiger partial charge >= 0.3 is 11.9 Å². The summed E-state index contributed by atoms with van der Waals surface area (Å²) in [5.41, 5.74) is 1.26. The molecule has 4 nitrogen and oxygen atoms in total. The van der Waals surface area contributed by atoms with Crippen LogP contribution in [0.5, 0.6) is 0 Å². The summed E-state index contributed by atoms with van der Waals surface area (Å²) in [4.78, 5) is 26.4. The first kappa shape index (κ1) is 11.3. The second-order valence-electron chi connectivity index (χ2n) is 3.94. The van der Waals surface area contributed by atoms with Crippen molar-refractivity contribution in [3.8, 4) is 0 Å². The third-order valence-electron chi connectivity index (χ3n) is 2.53. The molecule has 0 unspecified atom stereocenters. The van der Waals surface area contributed by atoms with Gasteiger partial charge in [-0.3, -0.25) is 14.5 Å². The van der Waals surface area contributed by atoms with E-state index < -0.39 is 11.9 Å². The normalized spacial score (nSPS) is 17.6. The standard InChI is InChI=1S/C11H13NO3S/c1-7-3-9(16-8(7)2)4-12-5-10(13)15-11(14)6-12/h3H,4-6H2,1-2H3. The lowest BCUT2D eigenvalue weighted by molar-refractivity contribution is -0.167. The Morgan fingerprint density at radius 1 is 1.31 bits per heavy atom. The molecule has 0 aromatic carbocycles. The first-order valence-corrected chi connectivity index (χ1v) is 5.88. The number of morpholine rings is 1. The molecule has 0 atom stereocenters. The zero-order valence-electron chi connectivity index (χ0n) is 9.28. The molecular weight excluding hydrogens is 226 g/mol. The highest BCUT2D eigenvalue weighted by atomic mass is 32.1. The van der Waals surface area contributed by atoms with Crippen molar-refractivity contribution in [2.75, 3.05) is 13.1 Å². The summed E-state index contributed by atoms with van der Waals surface area (Å²) in [5.74, 6) is -0.914. The van der Waals surface area contributed by atoms with Crippen LogP contribution >= 0.6 is 11.3 Å². The second-order valence-corrected chi connectivity index (χ2v) is 5.28. The van der Waals surface area contributed by atoms with Gasteiger partial charge in [-0.15, -0.1) is 11.3 Å². The van der Waals surface area contributed by atoms with Gasteiger partial charge in [-0.2, -0.15) is 0 Å². The third kappa shape index (κ3) is 2.48. The van der Waals surface area contributed by atoms with Crippen LogP contribution in [0.4, 0.5) is 0 Å². The van der Waals surface area contributed by atoms with E-state index in [1.165, 1.54) is 15.3 Å². The molecule has 0 spiro atoms. The van der Waals surface area contributed by atoms with Crippen molar-refractivity contribution in [1.82, 2.24) is 4.90 Å². The van der Waals surface area contributed by atoms with E-state index in [0.29, 0.717) is 6.54 Å². The fourth-order valence-electron chi connectivity index (χ4n) is 1.67. The van der Waals surface area contributed by atoms with E-state index in [1.54, 1.807) is 16.2 Å². The van der Waals surface area contributed by atoms with Crippen LogP contribution in [0.15, 0.2) is 6.07 Å². The average Bonchev–Trinajstić information content (AvgIpc) is 2.43. The Morgan fingerprint density at radius 2 is 1.94 bits per heavy atom. The van der Waals surface area contributed by atoms with E-state index in [4.69, 9.17) is 0 Å². The predicted octanol–water partition coefficient (Wildman–Crippen LogP) is 1.25. The highest BCUT2D eigenvalue weighted by molar-refractivity contribution is 7.12. The Balaban J connectivity index is 2.04. The molecule has 0 radical (unpaired) electrons. The molecule has 1 aromatic rings. The van der Waals surface area contributed by atoms with Crippen molar-refractivity contribution in [3.63, 3.8) is 0 Å². The number of cyclic esters (lactones) is 2. The van der Waals surface area contributed by atoms with Gasteiger partial charge in [0.25, 0.3) is 0 Å². The molecule has 16 heavy (non-hydrogen) atoms. The highest BCUT2D eigenvalue weighted by Crippen LogP contribution is 2.22.